The summed E-state index contributed by atoms with van der Waals surface area (Å²) < 4.78 is 8.03. The van der Waals surface area contributed by atoms with Gasteiger partial charge in [-0.05, 0) is 60.1 Å². The van der Waals surface area contributed by atoms with Crippen LogP contribution in [0.25, 0.3) is 0 Å². The predicted molar refractivity (Wildman–Crippen MR) is 95.1 cm³/mol. The summed E-state index contributed by atoms with van der Waals surface area (Å²) in [5.74, 6) is 1.71. The Balaban J connectivity index is 2.22. The van der Waals surface area contributed by atoms with Gasteiger partial charge in [0.15, 0.2) is 0 Å². The summed E-state index contributed by atoms with van der Waals surface area (Å²) >= 11 is 6.99. The first-order valence-electron chi connectivity index (χ1n) is 7.03. The van der Waals surface area contributed by atoms with Crippen molar-refractivity contribution in [2.24, 2.45) is 0 Å². The molecule has 2 aromatic rings. The lowest BCUT2D eigenvalue weighted by Crippen LogP contribution is -2.14. The van der Waals surface area contributed by atoms with E-state index in [2.05, 4.69) is 63.2 Å². The smallest absolute Gasteiger partial charge is 0.141 e. The molecule has 112 valence electrons. The Bertz CT molecular complexity index is 614. The fourth-order valence-corrected chi connectivity index (χ4v) is 3.15. The maximum Gasteiger partial charge on any atom is 0.141 e. The van der Waals surface area contributed by atoms with Crippen molar-refractivity contribution in [2.45, 2.75) is 26.8 Å². The summed E-state index contributed by atoms with van der Waals surface area (Å²) in [5, 5.41) is 3.43. The van der Waals surface area contributed by atoms with Gasteiger partial charge < -0.3 is 10.1 Å². The molecule has 0 spiro atoms. The lowest BCUT2D eigenvalue weighted by Gasteiger charge is -2.14. The van der Waals surface area contributed by atoms with E-state index in [0.717, 1.165) is 40.0 Å². The van der Waals surface area contributed by atoms with Crippen LogP contribution in [0.3, 0.4) is 0 Å². The highest BCUT2D eigenvalue weighted by Gasteiger charge is 2.08. The van der Waals surface area contributed by atoms with Crippen LogP contribution in [0.1, 0.15) is 24.5 Å². The van der Waals surface area contributed by atoms with Gasteiger partial charge in [0.25, 0.3) is 0 Å². The Morgan fingerprint density at radius 3 is 2.52 bits per heavy atom. The maximum absolute atomic E-state index is 6.07. The van der Waals surface area contributed by atoms with Crippen molar-refractivity contribution >= 4 is 31.9 Å². The van der Waals surface area contributed by atoms with Crippen molar-refractivity contribution in [1.29, 1.82) is 0 Å². The molecule has 0 heterocycles. The van der Waals surface area contributed by atoms with Gasteiger partial charge in [-0.3, -0.25) is 0 Å². The van der Waals surface area contributed by atoms with Gasteiger partial charge in [-0.25, -0.2) is 0 Å². The normalized spacial score (nSPS) is 10.7. The first-order chi connectivity index (χ1) is 10.1. The zero-order chi connectivity index (χ0) is 15.2. The zero-order valence-corrected chi connectivity index (χ0v) is 15.4. The summed E-state index contributed by atoms with van der Waals surface area (Å²) in [6.07, 6.45) is 1.13. The Hall–Kier alpha value is -0.840. The quantitative estimate of drug-likeness (QED) is 0.604. The van der Waals surface area contributed by atoms with Crippen molar-refractivity contribution in [3.05, 3.63) is 56.5 Å². The summed E-state index contributed by atoms with van der Waals surface area (Å²) in [4.78, 5) is 0. The Morgan fingerprint density at radius 1 is 1.05 bits per heavy atom. The van der Waals surface area contributed by atoms with E-state index in [1.165, 1.54) is 11.1 Å². The van der Waals surface area contributed by atoms with E-state index in [4.69, 9.17) is 4.74 Å². The highest BCUT2D eigenvalue weighted by molar-refractivity contribution is 9.11. The molecule has 0 bridgehead atoms. The molecular weight excluding hydrogens is 394 g/mol. The number of benzene rings is 2. The van der Waals surface area contributed by atoms with Gasteiger partial charge in [0.2, 0.25) is 0 Å². The second-order valence-electron chi connectivity index (χ2n) is 4.96. The van der Waals surface area contributed by atoms with Crippen molar-refractivity contribution < 1.29 is 4.74 Å². The van der Waals surface area contributed by atoms with Gasteiger partial charge in [-0.1, -0.05) is 40.5 Å². The summed E-state index contributed by atoms with van der Waals surface area (Å²) in [7, 11) is 0. The molecule has 0 aliphatic heterocycles. The van der Waals surface area contributed by atoms with Crippen LogP contribution < -0.4 is 10.1 Å². The van der Waals surface area contributed by atoms with Gasteiger partial charge in [-0.2, -0.15) is 0 Å². The highest BCUT2D eigenvalue weighted by Crippen LogP contribution is 2.33. The minimum atomic E-state index is 0.818. The highest BCUT2D eigenvalue weighted by atomic mass is 79.9. The fourth-order valence-electron chi connectivity index (χ4n) is 2.02. The average molecular weight is 413 g/mol. The third-order valence-corrected chi connectivity index (χ3v) is 4.19. The van der Waals surface area contributed by atoms with Crippen molar-refractivity contribution in [3.63, 3.8) is 0 Å². The van der Waals surface area contributed by atoms with Crippen LogP contribution in [-0.4, -0.2) is 6.54 Å². The molecule has 4 heteroatoms. The van der Waals surface area contributed by atoms with E-state index in [0.29, 0.717) is 0 Å². The van der Waals surface area contributed by atoms with Crippen molar-refractivity contribution in [1.82, 2.24) is 5.32 Å². The summed E-state index contributed by atoms with van der Waals surface area (Å²) in [6, 6.07) is 12.2. The minimum absolute atomic E-state index is 0.818. The number of nitrogens with one attached hydrogen (secondary N) is 1. The lowest BCUT2D eigenvalue weighted by atomic mass is 10.1. The molecule has 0 aromatic heterocycles. The van der Waals surface area contributed by atoms with Crippen LogP contribution in [0.4, 0.5) is 0 Å². The second kappa shape index (κ2) is 7.97. The molecule has 21 heavy (non-hydrogen) atoms. The van der Waals surface area contributed by atoms with Crippen LogP contribution in [0.2, 0.25) is 0 Å². The summed E-state index contributed by atoms with van der Waals surface area (Å²) in [6.45, 7) is 6.09. The van der Waals surface area contributed by atoms with Gasteiger partial charge in [0.1, 0.15) is 11.5 Å². The van der Waals surface area contributed by atoms with E-state index in [1.54, 1.807) is 0 Å². The molecule has 0 unspecified atom stereocenters. The Labute approximate surface area is 143 Å². The van der Waals surface area contributed by atoms with E-state index in [9.17, 15) is 0 Å². The molecule has 0 amide bonds. The van der Waals surface area contributed by atoms with Crippen LogP contribution in [0, 0.1) is 6.92 Å². The second-order valence-corrected chi connectivity index (χ2v) is 6.73. The molecule has 0 saturated heterocycles. The van der Waals surface area contributed by atoms with Crippen LogP contribution in [0.5, 0.6) is 11.5 Å². The Morgan fingerprint density at radius 2 is 1.81 bits per heavy atom. The van der Waals surface area contributed by atoms with Crippen molar-refractivity contribution in [2.75, 3.05) is 6.54 Å². The van der Waals surface area contributed by atoms with Crippen molar-refractivity contribution in [3.8, 4) is 11.5 Å². The summed E-state index contributed by atoms with van der Waals surface area (Å²) in [5.41, 5.74) is 2.42. The van der Waals surface area contributed by atoms with E-state index in [1.807, 2.05) is 24.3 Å². The largest absolute Gasteiger partial charge is 0.456 e. The first-order valence-corrected chi connectivity index (χ1v) is 8.62. The van der Waals surface area contributed by atoms with E-state index < -0.39 is 0 Å². The fraction of sp³-hybridized carbons (Fsp3) is 0.294. The zero-order valence-electron chi connectivity index (χ0n) is 12.2. The number of hydrogen-bond acceptors (Lipinski definition) is 2. The molecule has 1 N–H and O–H groups in total. The first kappa shape index (κ1) is 16.5. The number of rotatable bonds is 6. The topological polar surface area (TPSA) is 21.3 Å². The van der Waals surface area contributed by atoms with Gasteiger partial charge >= 0.3 is 0 Å². The monoisotopic (exact) mass is 411 g/mol. The van der Waals surface area contributed by atoms with Crippen LogP contribution in [0.15, 0.2) is 45.3 Å². The molecule has 0 radical (unpaired) electrons. The number of halogens is 2. The molecular formula is C17H19Br2NO. The maximum atomic E-state index is 6.07. The lowest BCUT2D eigenvalue weighted by molar-refractivity contribution is 0.469. The van der Waals surface area contributed by atoms with E-state index >= 15 is 0 Å². The molecule has 0 atom stereocenters. The molecule has 0 aliphatic rings. The molecule has 0 fully saturated rings. The van der Waals surface area contributed by atoms with Gasteiger partial charge in [0.05, 0.1) is 4.47 Å². The minimum Gasteiger partial charge on any atom is -0.456 e. The Kier molecular flexibility index (Phi) is 6.27. The average Bonchev–Trinajstić information content (AvgIpc) is 2.44. The molecule has 2 aromatic carbocycles. The molecule has 0 aliphatic carbocycles. The third-order valence-electron chi connectivity index (χ3n) is 3.07. The number of aryl methyl sites for hydroxylation is 1. The van der Waals surface area contributed by atoms with E-state index in [-0.39, 0.29) is 0 Å². The predicted octanol–water partition coefficient (Wildman–Crippen LogP) is 5.81. The van der Waals surface area contributed by atoms with Gasteiger partial charge in [-0.15, -0.1) is 0 Å². The van der Waals surface area contributed by atoms with Gasteiger partial charge in [0, 0.05) is 16.6 Å². The van der Waals surface area contributed by atoms with Crippen LogP contribution in [-0.2, 0) is 6.54 Å². The number of ether oxygens (including phenoxy) is 1. The molecule has 2 rings (SSSR count). The SMILES string of the molecule is CCCNCc1cc(C)ccc1Oc1ccc(Br)cc1Br. The standard InChI is InChI=1S/C17H19Br2NO/c1-3-8-20-11-13-9-12(2)4-6-16(13)21-17-7-5-14(18)10-15(17)19/h4-7,9-10,20H,3,8,11H2,1-2H3. The third kappa shape index (κ3) is 4.83. The number of hydrogen-bond donors (Lipinski definition) is 1. The van der Waals surface area contributed by atoms with Crippen LogP contribution >= 0.6 is 31.9 Å². The molecule has 0 saturated carbocycles. The molecule has 2 nitrogen and oxygen atoms in total.